The molecule has 0 aliphatic carbocycles. The average molecular weight is 581 g/mol. The molecule has 0 saturated carbocycles. The van der Waals surface area contributed by atoms with Crippen LogP contribution in [0.4, 0.5) is 21.6 Å². The predicted molar refractivity (Wildman–Crippen MR) is 140 cm³/mol. The quantitative estimate of drug-likeness (QED) is 0.161. The number of nitrogens with one attached hydrogen (secondary N) is 1. The number of hydrogen-bond acceptors (Lipinski definition) is 12. The van der Waals surface area contributed by atoms with E-state index in [1.165, 1.54) is 45.6 Å². The van der Waals surface area contributed by atoms with Gasteiger partial charge in [-0.3, -0.25) is 10.1 Å². The lowest BCUT2D eigenvalue weighted by atomic mass is 10.2. The average Bonchev–Trinajstić information content (AvgIpc) is 2.92. The summed E-state index contributed by atoms with van der Waals surface area (Å²) in [6.07, 6.45) is 0. The highest BCUT2D eigenvalue weighted by Gasteiger charge is 2.27. The Morgan fingerprint density at radius 3 is 2.48 bits per heavy atom. The van der Waals surface area contributed by atoms with Gasteiger partial charge >= 0.3 is 11.7 Å². The van der Waals surface area contributed by atoms with E-state index in [-0.39, 0.29) is 70.9 Å². The third-order valence-electron chi connectivity index (χ3n) is 5.15. The summed E-state index contributed by atoms with van der Waals surface area (Å²) in [5, 5.41) is 14.6. The smallest absolute Gasteiger partial charge is 0.373 e. The van der Waals surface area contributed by atoms with E-state index in [2.05, 4.69) is 15.3 Å². The summed E-state index contributed by atoms with van der Waals surface area (Å²) >= 11 is 6.46. The van der Waals surface area contributed by atoms with Crippen molar-refractivity contribution in [2.75, 3.05) is 39.9 Å². The maximum absolute atomic E-state index is 14.5. The Balaban J connectivity index is 2.04. The fourth-order valence-electron chi connectivity index (χ4n) is 3.41. The number of hydrogen-bond donors (Lipinski definition) is 1. The molecule has 2 aromatic carbocycles. The zero-order valence-corrected chi connectivity index (χ0v) is 22.7. The van der Waals surface area contributed by atoms with Gasteiger partial charge in [0.25, 0.3) is 5.88 Å². The molecule has 0 saturated heterocycles. The van der Waals surface area contributed by atoms with Gasteiger partial charge in [-0.05, 0) is 19.1 Å². The van der Waals surface area contributed by atoms with Crippen molar-refractivity contribution in [1.82, 2.24) is 9.97 Å². The van der Waals surface area contributed by atoms with Crippen LogP contribution in [0.3, 0.4) is 0 Å². The Kier molecular flexibility index (Phi) is 10.6. The van der Waals surface area contributed by atoms with Crippen molar-refractivity contribution < 1.29 is 42.5 Å². The van der Waals surface area contributed by atoms with E-state index in [1.54, 1.807) is 13.0 Å². The Morgan fingerprint density at radius 1 is 1.07 bits per heavy atom. The van der Waals surface area contributed by atoms with Crippen molar-refractivity contribution in [3.63, 3.8) is 0 Å². The van der Waals surface area contributed by atoms with Crippen LogP contribution >= 0.6 is 11.6 Å². The summed E-state index contributed by atoms with van der Waals surface area (Å²) < 4.78 is 46.1. The van der Waals surface area contributed by atoms with Crippen LogP contribution in [0.25, 0.3) is 0 Å². The number of halogens is 2. The van der Waals surface area contributed by atoms with E-state index in [0.29, 0.717) is 0 Å². The molecule has 0 fully saturated rings. The normalized spacial score (nSPS) is 10.6. The highest BCUT2D eigenvalue weighted by atomic mass is 35.5. The van der Waals surface area contributed by atoms with E-state index >= 15 is 0 Å². The van der Waals surface area contributed by atoms with Gasteiger partial charge in [0.1, 0.15) is 24.8 Å². The number of methoxy groups -OCH3 is 3. The number of carbonyl (C=O) groups is 1. The number of ether oxygens (including phenoxy) is 6. The fraction of sp³-hybridized carbons (Fsp3) is 0.320. The van der Waals surface area contributed by atoms with Crippen LogP contribution in [0.5, 0.6) is 23.1 Å². The zero-order chi connectivity index (χ0) is 29.2. The molecule has 1 N–H and O–H groups in total. The SMILES string of the molecule is CCOC(=O)COc1cc(Cl)c(Nc2nc(COC)nc(OC)c2[N+](=O)[O-])cc1OCc1c(F)cccc1OC. The third-order valence-corrected chi connectivity index (χ3v) is 5.47. The molecule has 0 amide bonds. The zero-order valence-electron chi connectivity index (χ0n) is 22.0. The fourth-order valence-corrected chi connectivity index (χ4v) is 3.61. The topological polar surface area (TPSA) is 153 Å². The molecule has 0 unspecified atom stereocenters. The summed E-state index contributed by atoms with van der Waals surface area (Å²) in [6.45, 7) is 0.965. The van der Waals surface area contributed by atoms with E-state index in [4.69, 9.17) is 40.0 Å². The number of anilines is 2. The number of nitrogens with zero attached hydrogens (tertiary/aromatic N) is 3. The highest BCUT2D eigenvalue weighted by molar-refractivity contribution is 6.33. The van der Waals surface area contributed by atoms with E-state index in [9.17, 15) is 19.3 Å². The lowest BCUT2D eigenvalue weighted by Gasteiger charge is -2.17. The van der Waals surface area contributed by atoms with Crippen molar-refractivity contribution in [2.45, 2.75) is 20.1 Å². The second kappa shape index (κ2) is 14.1. The molecule has 0 aliphatic rings. The highest BCUT2D eigenvalue weighted by Crippen LogP contribution is 2.41. The Bertz CT molecular complexity index is 1380. The first-order valence-electron chi connectivity index (χ1n) is 11.6. The van der Waals surface area contributed by atoms with Gasteiger partial charge in [0.15, 0.2) is 23.9 Å². The van der Waals surface area contributed by atoms with Crippen molar-refractivity contribution in [3.8, 4) is 23.1 Å². The summed E-state index contributed by atoms with van der Waals surface area (Å²) in [4.78, 5) is 31.1. The number of benzene rings is 2. The molecule has 0 bridgehead atoms. The van der Waals surface area contributed by atoms with Gasteiger partial charge in [0.2, 0.25) is 5.82 Å². The standard InChI is InChI=1S/C25H26ClFN4O9/c1-5-38-22(32)13-40-19-9-15(26)17(10-20(19)39-11-14-16(27)7-6-8-18(14)36-3)28-24-23(31(33)34)25(37-4)30-21(29-24)12-35-2/h6-10H,5,11-13H2,1-4H3,(H,28,29,30). The van der Waals surface area contributed by atoms with Crippen molar-refractivity contribution >= 4 is 34.8 Å². The first-order chi connectivity index (χ1) is 19.2. The van der Waals surface area contributed by atoms with Gasteiger partial charge in [-0.25, -0.2) is 14.2 Å². The summed E-state index contributed by atoms with van der Waals surface area (Å²) in [7, 11) is 4.02. The summed E-state index contributed by atoms with van der Waals surface area (Å²) in [6, 6.07) is 6.96. The minimum Gasteiger partial charge on any atom is -0.496 e. The third kappa shape index (κ3) is 7.36. The predicted octanol–water partition coefficient (Wildman–Crippen LogP) is 4.61. The van der Waals surface area contributed by atoms with Crippen LogP contribution in [0.2, 0.25) is 5.02 Å². The lowest BCUT2D eigenvalue weighted by Crippen LogP contribution is -2.15. The van der Waals surface area contributed by atoms with Gasteiger partial charge in [0.05, 0.1) is 42.0 Å². The molecule has 0 atom stereocenters. The van der Waals surface area contributed by atoms with E-state index < -0.39 is 29.0 Å². The molecular formula is C25H26ClFN4O9. The maximum Gasteiger partial charge on any atom is 0.373 e. The Hall–Kier alpha value is -4.43. The molecule has 15 heteroatoms. The van der Waals surface area contributed by atoms with Crippen molar-refractivity contribution in [1.29, 1.82) is 0 Å². The first-order valence-corrected chi connectivity index (χ1v) is 12.0. The molecule has 1 heterocycles. The van der Waals surface area contributed by atoms with Gasteiger partial charge in [-0.2, -0.15) is 4.98 Å². The first kappa shape index (κ1) is 30.1. The molecule has 40 heavy (non-hydrogen) atoms. The van der Waals surface area contributed by atoms with Crippen LogP contribution in [0.15, 0.2) is 30.3 Å². The second-order valence-electron chi connectivity index (χ2n) is 7.74. The molecule has 1 aromatic heterocycles. The van der Waals surface area contributed by atoms with Crippen LogP contribution < -0.4 is 24.3 Å². The summed E-state index contributed by atoms with van der Waals surface area (Å²) in [5.74, 6) is -1.38. The van der Waals surface area contributed by atoms with Gasteiger partial charge in [-0.1, -0.05) is 17.7 Å². The largest absolute Gasteiger partial charge is 0.496 e. The molecule has 214 valence electrons. The molecule has 3 aromatic rings. The van der Waals surface area contributed by atoms with Crippen LogP contribution in [0.1, 0.15) is 18.3 Å². The van der Waals surface area contributed by atoms with Crippen molar-refractivity contribution in [3.05, 3.63) is 62.7 Å². The molecular weight excluding hydrogens is 555 g/mol. The number of carbonyl (C=O) groups excluding carboxylic acids is 1. The number of rotatable bonds is 14. The minimum absolute atomic E-state index is 0.0160. The molecule has 0 spiro atoms. The lowest BCUT2D eigenvalue weighted by molar-refractivity contribution is -0.385. The van der Waals surface area contributed by atoms with Crippen LogP contribution in [0, 0.1) is 15.9 Å². The minimum atomic E-state index is -0.718. The van der Waals surface area contributed by atoms with Crippen LogP contribution in [-0.4, -0.2) is 55.4 Å². The van der Waals surface area contributed by atoms with E-state index in [1.807, 2.05) is 0 Å². The summed E-state index contributed by atoms with van der Waals surface area (Å²) in [5.41, 5.74) is -0.335. The maximum atomic E-state index is 14.5. The molecule has 3 rings (SSSR count). The second-order valence-corrected chi connectivity index (χ2v) is 8.15. The molecule has 0 aliphatic heterocycles. The van der Waals surface area contributed by atoms with Crippen LogP contribution in [-0.2, 0) is 27.5 Å². The number of nitro groups is 1. The Morgan fingerprint density at radius 2 is 1.82 bits per heavy atom. The Labute approximate surface area is 233 Å². The molecule has 0 radical (unpaired) electrons. The van der Waals surface area contributed by atoms with Crippen molar-refractivity contribution in [2.24, 2.45) is 0 Å². The van der Waals surface area contributed by atoms with Gasteiger partial charge in [0, 0.05) is 19.2 Å². The van der Waals surface area contributed by atoms with E-state index in [0.717, 1.165) is 0 Å². The number of aromatic nitrogens is 2. The van der Waals surface area contributed by atoms with Gasteiger partial charge < -0.3 is 33.7 Å². The molecule has 13 nitrogen and oxygen atoms in total. The number of esters is 1. The van der Waals surface area contributed by atoms with Gasteiger partial charge in [-0.15, -0.1) is 0 Å². The monoisotopic (exact) mass is 580 g/mol.